The molecule has 144 valence electrons. The van der Waals surface area contributed by atoms with Gasteiger partial charge in [-0.05, 0) is 40.8 Å². The highest BCUT2D eigenvalue weighted by atomic mass is 32.1. The average Bonchev–Trinajstić information content (AvgIpc) is 3.27. The summed E-state index contributed by atoms with van der Waals surface area (Å²) in [7, 11) is 0. The van der Waals surface area contributed by atoms with E-state index in [1.165, 1.54) is 33.6 Å². The second kappa shape index (κ2) is 8.34. The minimum Gasteiger partial charge on any atom is -0.449 e. The number of thiophene rings is 1. The number of nitrogens with one attached hydrogen (secondary N) is 1. The molecule has 1 aliphatic rings. The first-order chi connectivity index (χ1) is 14.2. The van der Waals surface area contributed by atoms with Gasteiger partial charge in [-0.1, -0.05) is 60.4 Å². The molecule has 3 aromatic rings. The van der Waals surface area contributed by atoms with E-state index in [0.29, 0.717) is 4.88 Å². The van der Waals surface area contributed by atoms with Gasteiger partial charge in [0.25, 0.3) is 0 Å². The van der Waals surface area contributed by atoms with Crippen molar-refractivity contribution in [1.82, 2.24) is 5.32 Å². The number of ether oxygens (including phenoxy) is 1. The number of amides is 1. The molecule has 1 aromatic heterocycles. The lowest BCUT2D eigenvalue weighted by atomic mass is 9.98. The van der Waals surface area contributed by atoms with Crippen molar-refractivity contribution < 1.29 is 14.3 Å². The van der Waals surface area contributed by atoms with Crippen LogP contribution < -0.4 is 5.32 Å². The van der Waals surface area contributed by atoms with E-state index in [9.17, 15) is 9.59 Å². The summed E-state index contributed by atoms with van der Waals surface area (Å²) in [5, 5.41) is 2.67. The van der Waals surface area contributed by atoms with Gasteiger partial charge in [0.15, 0.2) is 6.29 Å². The largest absolute Gasteiger partial charge is 0.449 e. The zero-order valence-electron chi connectivity index (χ0n) is 15.9. The molecule has 1 N–H and O–H groups in total. The Morgan fingerprint density at radius 2 is 1.79 bits per heavy atom. The molecule has 0 fully saturated rings. The van der Waals surface area contributed by atoms with Gasteiger partial charge in [-0.3, -0.25) is 4.79 Å². The molecule has 0 saturated carbocycles. The number of alkyl carbamates (subject to hydrolysis) is 1. The molecular weight excluding hydrogens is 382 g/mol. The summed E-state index contributed by atoms with van der Waals surface area (Å²) in [6.45, 7) is 2.37. The molecule has 2 aromatic carbocycles. The number of hydrogen-bond acceptors (Lipinski definition) is 4. The fraction of sp³-hybridized carbons (Fsp3) is 0.167. The van der Waals surface area contributed by atoms with Crippen LogP contribution in [0, 0.1) is 18.8 Å². The van der Waals surface area contributed by atoms with Crippen molar-refractivity contribution in [2.75, 3.05) is 13.2 Å². The van der Waals surface area contributed by atoms with E-state index >= 15 is 0 Å². The van der Waals surface area contributed by atoms with E-state index in [1.807, 2.05) is 31.2 Å². The third kappa shape index (κ3) is 3.94. The maximum Gasteiger partial charge on any atom is 0.407 e. The Hall–Kier alpha value is -3.36. The summed E-state index contributed by atoms with van der Waals surface area (Å²) >= 11 is 1.35. The number of hydrogen-bond donors (Lipinski definition) is 1. The van der Waals surface area contributed by atoms with Crippen LogP contribution in [0.15, 0.2) is 54.6 Å². The van der Waals surface area contributed by atoms with Crippen LogP contribution in [-0.2, 0) is 4.74 Å². The van der Waals surface area contributed by atoms with Gasteiger partial charge in [0.05, 0.1) is 16.3 Å². The van der Waals surface area contributed by atoms with Gasteiger partial charge in [-0.2, -0.15) is 0 Å². The summed E-state index contributed by atoms with van der Waals surface area (Å²) in [6.07, 6.45) is 0.329. The van der Waals surface area contributed by atoms with Crippen LogP contribution in [0.25, 0.3) is 11.1 Å². The van der Waals surface area contributed by atoms with Crippen LogP contribution >= 0.6 is 11.3 Å². The summed E-state index contributed by atoms with van der Waals surface area (Å²) < 4.78 is 5.48. The monoisotopic (exact) mass is 401 g/mol. The second-order valence-electron chi connectivity index (χ2n) is 6.76. The fourth-order valence-electron chi connectivity index (χ4n) is 3.58. The molecule has 4 rings (SSSR count). The Balaban J connectivity index is 1.35. The number of fused-ring (bicyclic) bond motifs is 3. The normalized spacial score (nSPS) is 11.8. The maximum absolute atomic E-state index is 12.1. The van der Waals surface area contributed by atoms with Crippen molar-refractivity contribution in [2.45, 2.75) is 12.8 Å². The highest BCUT2D eigenvalue weighted by Gasteiger charge is 2.28. The fourth-order valence-corrected chi connectivity index (χ4v) is 4.44. The van der Waals surface area contributed by atoms with Crippen LogP contribution in [0.5, 0.6) is 0 Å². The third-order valence-corrected chi connectivity index (χ3v) is 6.00. The molecule has 1 amide bonds. The van der Waals surface area contributed by atoms with Gasteiger partial charge in [0, 0.05) is 5.92 Å². The van der Waals surface area contributed by atoms with Crippen LogP contribution in [0.4, 0.5) is 4.79 Å². The van der Waals surface area contributed by atoms with E-state index in [-0.39, 0.29) is 19.1 Å². The number of benzene rings is 2. The first-order valence-corrected chi connectivity index (χ1v) is 10.1. The Kier molecular flexibility index (Phi) is 5.46. The Labute approximate surface area is 173 Å². The zero-order valence-corrected chi connectivity index (χ0v) is 16.7. The summed E-state index contributed by atoms with van der Waals surface area (Å²) in [4.78, 5) is 24.4. The minimum atomic E-state index is -0.488. The molecule has 4 nitrogen and oxygen atoms in total. The first kappa shape index (κ1) is 19.0. The minimum absolute atomic E-state index is 0.0368. The van der Waals surface area contributed by atoms with Gasteiger partial charge in [0.2, 0.25) is 0 Å². The highest BCUT2D eigenvalue weighted by molar-refractivity contribution is 7.14. The van der Waals surface area contributed by atoms with E-state index in [0.717, 1.165) is 16.7 Å². The summed E-state index contributed by atoms with van der Waals surface area (Å²) in [6, 6.07) is 18.3. The van der Waals surface area contributed by atoms with E-state index in [2.05, 4.69) is 41.4 Å². The smallest absolute Gasteiger partial charge is 0.407 e. The molecule has 0 bridgehead atoms. The van der Waals surface area contributed by atoms with Crippen LogP contribution in [-0.4, -0.2) is 25.5 Å². The molecule has 0 spiro atoms. The second-order valence-corrected chi connectivity index (χ2v) is 7.84. The van der Waals surface area contributed by atoms with Crippen LogP contribution in [0.1, 0.15) is 37.2 Å². The topological polar surface area (TPSA) is 55.4 Å². The van der Waals surface area contributed by atoms with Gasteiger partial charge in [-0.25, -0.2) is 4.79 Å². The highest BCUT2D eigenvalue weighted by Crippen LogP contribution is 2.44. The van der Waals surface area contributed by atoms with E-state index in [4.69, 9.17) is 4.74 Å². The standard InChI is InChI=1S/C24H19NO3S/c1-16-13-17(14-26)29-23(16)11-6-12-25-24(27)28-15-22-20-9-4-2-7-18(20)19-8-3-5-10-21(19)22/h2-5,7-10,13-14,22H,12,15H2,1H3,(H,25,27). The number of carbonyl (C=O) groups is 2. The Morgan fingerprint density at radius 3 is 2.41 bits per heavy atom. The van der Waals surface area contributed by atoms with Gasteiger partial charge < -0.3 is 10.1 Å². The lowest BCUT2D eigenvalue weighted by Crippen LogP contribution is -2.26. The van der Waals surface area contributed by atoms with E-state index in [1.54, 1.807) is 6.07 Å². The third-order valence-electron chi connectivity index (χ3n) is 4.92. The Morgan fingerprint density at radius 1 is 1.14 bits per heavy atom. The predicted octanol–water partition coefficient (Wildman–Crippen LogP) is 4.76. The first-order valence-electron chi connectivity index (χ1n) is 9.30. The molecule has 0 atom stereocenters. The lowest BCUT2D eigenvalue weighted by molar-refractivity contribution is 0.112. The van der Waals surface area contributed by atoms with Crippen molar-refractivity contribution in [2.24, 2.45) is 0 Å². The van der Waals surface area contributed by atoms with Gasteiger partial charge >= 0.3 is 6.09 Å². The summed E-state index contributed by atoms with van der Waals surface area (Å²) in [5.41, 5.74) is 5.72. The number of aryl methyl sites for hydroxylation is 1. The molecule has 0 saturated heterocycles. The van der Waals surface area contributed by atoms with Crippen molar-refractivity contribution in [1.29, 1.82) is 0 Å². The van der Waals surface area contributed by atoms with Gasteiger partial charge in [-0.15, -0.1) is 11.3 Å². The van der Waals surface area contributed by atoms with Crippen molar-refractivity contribution in [3.63, 3.8) is 0 Å². The number of rotatable bonds is 4. The molecule has 0 unspecified atom stereocenters. The quantitative estimate of drug-likeness (QED) is 0.507. The van der Waals surface area contributed by atoms with Gasteiger partial charge in [0.1, 0.15) is 6.61 Å². The van der Waals surface area contributed by atoms with Crippen molar-refractivity contribution in [3.8, 4) is 23.0 Å². The molecule has 1 aliphatic carbocycles. The maximum atomic E-state index is 12.1. The SMILES string of the molecule is Cc1cc(C=O)sc1C#CCNC(=O)OCC1c2ccccc2-c2ccccc21. The molecule has 5 heteroatoms. The van der Waals surface area contributed by atoms with Crippen LogP contribution in [0.2, 0.25) is 0 Å². The summed E-state index contributed by atoms with van der Waals surface area (Å²) in [5.74, 6) is 5.93. The Bertz CT molecular complexity index is 1090. The van der Waals surface area contributed by atoms with Crippen molar-refractivity contribution in [3.05, 3.63) is 81.0 Å². The average molecular weight is 401 g/mol. The lowest BCUT2D eigenvalue weighted by Gasteiger charge is -2.14. The molecule has 0 aliphatic heterocycles. The zero-order chi connectivity index (χ0) is 20.2. The predicted molar refractivity (Wildman–Crippen MR) is 114 cm³/mol. The van der Waals surface area contributed by atoms with E-state index < -0.39 is 6.09 Å². The molecular formula is C24H19NO3S. The molecule has 1 heterocycles. The van der Waals surface area contributed by atoms with Crippen LogP contribution in [0.3, 0.4) is 0 Å². The molecule has 29 heavy (non-hydrogen) atoms. The molecule has 0 radical (unpaired) electrons. The van der Waals surface area contributed by atoms with Crippen molar-refractivity contribution >= 4 is 23.7 Å². The number of aldehydes is 1. The number of carbonyl (C=O) groups excluding carboxylic acids is 2.